The van der Waals surface area contributed by atoms with Crippen molar-refractivity contribution in [2.45, 2.75) is 51.2 Å². The van der Waals surface area contributed by atoms with Crippen molar-refractivity contribution >= 4 is 17.8 Å². The minimum absolute atomic E-state index is 0.404. The van der Waals surface area contributed by atoms with Crippen molar-refractivity contribution in [1.29, 1.82) is 0 Å². The zero-order chi connectivity index (χ0) is 22.9. The summed E-state index contributed by atoms with van der Waals surface area (Å²) in [6.45, 7) is 1.19. The first kappa shape index (κ1) is 22.6. The lowest BCUT2D eigenvalue weighted by molar-refractivity contribution is 0.414. The molecule has 0 bridgehead atoms. The van der Waals surface area contributed by atoms with Gasteiger partial charge in [0.2, 0.25) is 17.8 Å². The van der Waals surface area contributed by atoms with Gasteiger partial charge in [0.15, 0.2) is 0 Å². The molecule has 1 heterocycles. The van der Waals surface area contributed by atoms with Gasteiger partial charge in [-0.2, -0.15) is 15.0 Å². The number of benzene rings is 2. The van der Waals surface area contributed by atoms with Crippen LogP contribution >= 0.6 is 0 Å². The minimum atomic E-state index is 0.404. The number of rotatable bonds is 10. The molecule has 1 aliphatic rings. The van der Waals surface area contributed by atoms with Gasteiger partial charge in [-0.25, -0.2) is 0 Å². The van der Waals surface area contributed by atoms with E-state index in [0.29, 0.717) is 37.0 Å². The molecule has 0 spiro atoms. The third-order valence-corrected chi connectivity index (χ3v) is 5.77. The minimum Gasteiger partial charge on any atom is -0.497 e. The summed E-state index contributed by atoms with van der Waals surface area (Å²) in [5.74, 6) is 3.33. The van der Waals surface area contributed by atoms with E-state index in [4.69, 9.17) is 9.47 Å². The zero-order valence-corrected chi connectivity index (χ0v) is 19.3. The molecule has 1 saturated carbocycles. The average molecular weight is 449 g/mol. The topological polar surface area (TPSA) is 93.2 Å². The Morgan fingerprint density at radius 1 is 0.727 bits per heavy atom. The SMILES string of the molecule is COc1ccc(CNc2nc(NCc3cccc(OC)c3)nc(NC3CCCCC3)n2)cc1. The highest BCUT2D eigenvalue weighted by Crippen LogP contribution is 2.22. The molecule has 0 saturated heterocycles. The molecule has 0 radical (unpaired) electrons. The monoisotopic (exact) mass is 448 g/mol. The van der Waals surface area contributed by atoms with Gasteiger partial charge in [-0.15, -0.1) is 0 Å². The number of hydrogen-bond acceptors (Lipinski definition) is 8. The van der Waals surface area contributed by atoms with Gasteiger partial charge in [0.1, 0.15) is 11.5 Å². The van der Waals surface area contributed by atoms with Crippen LogP contribution < -0.4 is 25.4 Å². The van der Waals surface area contributed by atoms with E-state index < -0.39 is 0 Å². The fraction of sp³-hybridized carbons (Fsp3) is 0.400. The van der Waals surface area contributed by atoms with Crippen molar-refractivity contribution in [3.05, 3.63) is 59.7 Å². The number of methoxy groups -OCH3 is 2. The zero-order valence-electron chi connectivity index (χ0n) is 19.3. The number of hydrogen-bond donors (Lipinski definition) is 3. The summed E-state index contributed by atoms with van der Waals surface area (Å²) in [4.78, 5) is 13.9. The highest BCUT2D eigenvalue weighted by molar-refractivity contribution is 5.44. The van der Waals surface area contributed by atoms with Crippen molar-refractivity contribution < 1.29 is 9.47 Å². The molecule has 8 heteroatoms. The highest BCUT2D eigenvalue weighted by Gasteiger charge is 2.16. The average Bonchev–Trinajstić information content (AvgIpc) is 2.87. The summed E-state index contributed by atoms with van der Waals surface area (Å²) in [5.41, 5.74) is 2.20. The molecule has 8 nitrogen and oxygen atoms in total. The number of nitrogens with one attached hydrogen (secondary N) is 3. The second kappa shape index (κ2) is 11.4. The number of aromatic nitrogens is 3. The molecule has 3 N–H and O–H groups in total. The van der Waals surface area contributed by atoms with Gasteiger partial charge < -0.3 is 25.4 Å². The molecule has 1 aromatic heterocycles. The Labute approximate surface area is 195 Å². The predicted octanol–water partition coefficient (Wildman–Crippen LogP) is 4.86. The Morgan fingerprint density at radius 3 is 2.03 bits per heavy atom. The molecule has 3 aromatic rings. The molecular formula is C25H32N6O2. The van der Waals surface area contributed by atoms with E-state index in [0.717, 1.165) is 35.5 Å². The van der Waals surface area contributed by atoms with Crippen LogP contribution in [-0.2, 0) is 13.1 Å². The maximum absolute atomic E-state index is 5.32. The molecule has 174 valence electrons. The van der Waals surface area contributed by atoms with E-state index in [-0.39, 0.29) is 0 Å². The van der Waals surface area contributed by atoms with Crippen molar-refractivity contribution in [3.63, 3.8) is 0 Å². The fourth-order valence-electron chi connectivity index (χ4n) is 3.92. The number of nitrogens with zero attached hydrogens (tertiary/aromatic N) is 3. The fourth-order valence-corrected chi connectivity index (χ4v) is 3.92. The van der Waals surface area contributed by atoms with E-state index in [1.807, 2.05) is 48.5 Å². The first-order valence-electron chi connectivity index (χ1n) is 11.5. The third kappa shape index (κ3) is 6.71. The first-order chi connectivity index (χ1) is 16.2. The van der Waals surface area contributed by atoms with Gasteiger partial charge in [0, 0.05) is 19.1 Å². The van der Waals surface area contributed by atoms with Gasteiger partial charge in [0.05, 0.1) is 14.2 Å². The molecule has 0 atom stereocenters. The van der Waals surface area contributed by atoms with Crippen LogP contribution in [0.3, 0.4) is 0 Å². The molecule has 1 aliphatic carbocycles. The van der Waals surface area contributed by atoms with E-state index in [1.165, 1.54) is 19.3 Å². The summed E-state index contributed by atoms with van der Waals surface area (Å²) >= 11 is 0. The maximum atomic E-state index is 5.32. The first-order valence-corrected chi connectivity index (χ1v) is 11.5. The van der Waals surface area contributed by atoms with E-state index in [1.54, 1.807) is 14.2 Å². The Morgan fingerprint density at radius 2 is 1.36 bits per heavy atom. The van der Waals surface area contributed by atoms with Crippen LogP contribution in [0.2, 0.25) is 0 Å². The van der Waals surface area contributed by atoms with Crippen molar-refractivity contribution in [2.24, 2.45) is 0 Å². The van der Waals surface area contributed by atoms with Crippen molar-refractivity contribution in [2.75, 3.05) is 30.2 Å². The number of anilines is 3. The predicted molar refractivity (Wildman–Crippen MR) is 131 cm³/mol. The molecule has 2 aromatic carbocycles. The van der Waals surface area contributed by atoms with E-state index >= 15 is 0 Å². The van der Waals surface area contributed by atoms with Crippen LogP contribution in [-0.4, -0.2) is 35.2 Å². The van der Waals surface area contributed by atoms with Gasteiger partial charge in [-0.05, 0) is 48.2 Å². The molecule has 0 amide bonds. The lowest BCUT2D eigenvalue weighted by atomic mass is 9.96. The molecule has 33 heavy (non-hydrogen) atoms. The largest absolute Gasteiger partial charge is 0.497 e. The van der Waals surface area contributed by atoms with Gasteiger partial charge in [-0.3, -0.25) is 0 Å². The molecule has 4 rings (SSSR count). The second-order valence-corrected chi connectivity index (χ2v) is 8.19. The normalized spacial score (nSPS) is 13.9. The third-order valence-electron chi connectivity index (χ3n) is 5.77. The van der Waals surface area contributed by atoms with E-state index in [2.05, 4.69) is 30.9 Å². The van der Waals surface area contributed by atoms with Gasteiger partial charge in [0.25, 0.3) is 0 Å². The molecule has 1 fully saturated rings. The van der Waals surface area contributed by atoms with Crippen LogP contribution in [0.5, 0.6) is 11.5 Å². The Balaban J connectivity index is 1.47. The summed E-state index contributed by atoms with van der Waals surface area (Å²) in [7, 11) is 3.33. The number of ether oxygens (including phenoxy) is 2. The Kier molecular flexibility index (Phi) is 7.79. The second-order valence-electron chi connectivity index (χ2n) is 8.19. The molecule has 0 aliphatic heterocycles. The summed E-state index contributed by atoms with van der Waals surface area (Å²) < 4.78 is 10.6. The quantitative estimate of drug-likeness (QED) is 0.405. The van der Waals surface area contributed by atoms with Gasteiger partial charge in [-0.1, -0.05) is 43.5 Å². The van der Waals surface area contributed by atoms with Crippen LogP contribution in [0.25, 0.3) is 0 Å². The molecule has 0 unspecified atom stereocenters. The summed E-state index contributed by atoms with van der Waals surface area (Å²) in [5, 5.41) is 10.2. The van der Waals surface area contributed by atoms with Crippen LogP contribution in [0.4, 0.5) is 17.8 Å². The summed E-state index contributed by atoms with van der Waals surface area (Å²) in [6, 6.07) is 16.3. The highest BCUT2D eigenvalue weighted by atomic mass is 16.5. The van der Waals surface area contributed by atoms with Crippen LogP contribution in [0.15, 0.2) is 48.5 Å². The van der Waals surface area contributed by atoms with Gasteiger partial charge >= 0.3 is 0 Å². The Bertz CT molecular complexity index is 1020. The van der Waals surface area contributed by atoms with Crippen molar-refractivity contribution in [1.82, 2.24) is 15.0 Å². The maximum Gasteiger partial charge on any atom is 0.229 e. The standard InChI is InChI=1S/C25H32N6O2/c1-32-21-13-11-18(12-14-21)16-26-23-29-24(27-17-19-7-6-10-22(15-19)33-2)31-25(30-23)28-20-8-4-3-5-9-20/h6-7,10-15,20H,3-5,8-9,16-17H2,1-2H3,(H3,26,27,28,29,30,31). The summed E-state index contributed by atoms with van der Waals surface area (Å²) in [6.07, 6.45) is 6.08. The van der Waals surface area contributed by atoms with Crippen LogP contribution in [0.1, 0.15) is 43.2 Å². The van der Waals surface area contributed by atoms with E-state index in [9.17, 15) is 0 Å². The smallest absolute Gasteiger partial charge is 0.229 e. The Hall–Kier alpha value is -3.55. The lowest BCUT2D eigenvalue weighted by Gasteiger charge is -2.23. The lowest BCUT2D eigenvalue weighted by Crippen LogP contribution is -2.24. The van der Waals surface area contributed by atoms with Crippen molar-refractivity contribution in [3.8, 4) is 11.5 Å². The van der Waals surface area contributed by atoms with Crippen LogP contribution in [0, 0.1) is 0 Å². The molecular weight excluding hydrogens is 416 g/mol.